The van der Waals surface area contributed by atoms with Crippen molar-refractivity contribution in [3.05, 3.63) is 47.5 Å². The van der Waals surface area contributed by atoms with Crippen LogP contribution in [0.1, 0.15) is 5.56 Å². The van der Waals surface area contributed by atoms with Gasteiger partial charge in [-0.2, -0.15) is 0 Å². The standard InChI is InChI=1S/C13H10N2S/c1-9-8-12(10-4-2-3-6-14-10)15-11-5-7-16-13(9)11/h2-8H,1H3. The summed E-state index contributed by atoms with van der Waals surface area (Å²) in [7, 11) is 0. The quantitative estimate of drug-likeness (QED) is 0.632. The van der Waals surface area contributed by atoms with E-state index in [0.717, 1.165) is 16.9 Å². The van der Waals surface area contributed by atoms with Crippen LogP contribution >= 0.6 is 11.3 Å². The van der Waals surface area contributed by atoms with Crippen LogP contribution in [0.4, 0.5) is 0 Å². The molecule has 0 bridgehead atoms. The van der Waals surface area contributed by atoms with Crippen molar-refractivity contribution in [2.24, 2.45) is 0 Å². The van der Waals surface area contributed by atoms with Gasteiger partial charge in [0.05, 0.1) is 21.6 Å². The largest absolute Gasteiger partial charge is 0.255 e. The highest BCUT2D eigenvalue weighted by Crippen LogP contribution is 2.26. The topological polar surface area (TPSA) is 25.8 Å². The van der Waals surface area contributed by atoms with Gasteiger partial charge in [0.15, 0.2) is 0 Å². The molecule has 0 saturated heterocycles. The number of thiophene rings is 1. The molecule has 3 heteroatoms. The summed E-state index contributed by atoms with van der Waals surface area (Å²) in [6.07, 6.45) is 1.80. The Balaban J connectivity index is 2.25. The monoisotopic (exact) mass is 226 g/mol. The Bertz CT molecular complexity index is 629. The average Bonchev–Trinajstić information content (AvgIpc) is 2.79. The van der Waals surface area contributed by atoms with E-state index in [2.05, 4.69) is 34.4 Å². The van der Waals surface area contributed by atoms with E-state index in [-0.39, 0.29) is 0 Å². The van der Waals surface area contributed by atoms with Crippen LogP contribution in [0.5, 0.6) is 0 Å². The Morgan fingerprint density at radius 2 is 2.06 bits per heavy atom. The second kappa shape index (κ2) is 3.68. The zero-order valence-electron chi connectivity index (χ0n) is 8.84. The maximum Gasteiger partial charge on any atom is 0.0897 e. The van der Waals surface area contributed by atoms with Gasteiger partial charge in [0, 0.05) is 6.20 Å². The first-order valence-electron chi connectivity index (χ1n) is 5.11. The summed E-state index contributed by atoms with van der Waals surface area (Å²) in [4.78, 5) is 8.94. The maximum absolute atomic E-state index is 4.61. The first-order valence-corrected chi connectivity index (χ1v) is 5.99. The molecule has 16 heavy (non-hydrogen) atoms. The average molecular weight is 226 g/mol. The molecule has 0 saturated carbocycles. The maximum atomic E-state index is 4.61. The molecule has 3 heterocycles. The van der Waals surface area contributed by atoms with E-state index >= 15 is 0 Å². The van der Waals surface area contributed by atoms with Crippen molar-refractivity contribution in [2.45, 2.75) is 6.92 Å². The first-order chi connectivity index (χ1) is 7.84. The van der Waals surface area contributed by atoms with Crippen molar-refractivity contribution < 1.29 is 0 Å². The molecule has 3 aromatic rings. The van der Waals surface area contributed by atoms with E-state index < -0.39 is 0 Å². The predicted molar refractivity (Wildman–Crippen MR) is 67.6 cm³/mol. The minimum absolute atomic E-state index is 0.929. The Kier molecular flexibility index (Phi) is 2.18. The second-order valence-electron chi connectivity index (χ2n) is 3.67. The van der Waals surface area contributed by atoms with Crippen molar-refractivity contribution >= 4 is 21.6 Å². The summed E-state index contributed by atoms with van der Waals surface area (Å²) in [5.74, 6) is 0. The third-order valence-corrected chi connectivity index (χ3v) is 3.56. The molecule has 3 rings (SSSR count). The van der Waals surface area contributed by atoms with Gasteiger partial charge in [-0.3, -0.25) is 4.98 Å². The molecule has 0 amide bonds. The molecule has 3 aromatic heterocycles. The van der Waals surface area contributed by atoms with E-state index in [4.69, 9.17) is 0 Å². The number of fused-ring (bicyclic) bond motifs is 1. The zero-order chi connectivity index (χ0) is 11.0. The lowest BCUT2D eigenvalue weighted by Crippen LogP contribution is -1.88. The summed E-state index contributed by atoms with van der Waals surface area (Å²) in [5.41, 5.74) is 4.20. The third kappa shape index (κ3) is 1.49. The lowest BCUT2D eigenvalue weighted by atomic mass is 10.2. The fourth-order valence-electron chi connectivity index (χ4n) is 1.76. The molecular formula is C13H10N2S. The highest BCUT2D eigenvalue weighted by molar-refractivity contribution is 7.17. The van der Waals surface area contributed by atoms with Gasteiger partial charge < -0.3 is 0 Å². The molecule has 0 N–H and O–H groups in total. The summed E-state index contributed by atoms with van der Waals surface area (Å²) in [5, 5.41) is 2.08. The molecule has 0 radical (unpaired) electrons. The number of hydrogen-bond donors (Lipinski definition) is 0. The first kappa shape index (κ1) is 9.48. The molecule has 0 aliphatic heterocycles. The Hall–Kier alpha value is -1.74. The Morgan fingerprint density at radius 3 is 2.88 bits per heavy atom. The number of hydrogen-bond acceptors (Lipinski definition) is 3. The molecule has 0 unspecified atom stereocenters. The minimum Gasteiger partial charge on any atom is -0.255 e. The fraction of sp³-hybridized carbons (Fsp3) is 0.0769. The van der Waals surface area contributed by atoms with Crippen LogP contribution in [0.15, 0.2) is 41.9 Å². The molecule has 0 spiro atoms. The molecule has 0 aromatic carbocycles. The van der Waals surface area contributed by atoms with Crippen LogP contribution in [0, 0.1) is 6.92 Å². The van der Waals surface area contributed by atoms with Crippen LogP contribution in [0.25, 0.3) is 21.6 Å². The van der Waals surface area contributed by atoms with Crippen molar-refractivity contribution in [3.8, 4) is 11.4 Å². The van der Waals surface area contributed by atoms with Gasteiger partial charge in [0.25, 0.3) is 0 Å². The summed E-state index contributed by atoms with van der Waals surface area (Å²) < 4.78 is 1.26. The molecule has 0 atom stereocenters. The van der Waals surface area contributed by atoms with Crippen molar-refractivity contribution in [1.29, 1.82) is 0 Å². The van der Waals surface area contributed by atoms with E-state index in [1.54, 1.807) is 17.5 Å². The van der Waals surface area contributed by atoms with Crippen LogP contribution in [-0.2, 0) is 0 Å². The summed E-state index contributed by atoms with van der Waals surface area (Å²) >= 11 is 1.73. The lowest BCUT2D eigenvalue weighted by Gasteiger charge is -2.02. The van der Waals surface area contributed by atoms with Crippen molar-refractivity contribution in [2.75, 3.05) is 0 Å². The van der Waals surface area contributed by atoms with E-state index in [9.17, 15) is 0 Å². The van der Waals surface area contributed by atoms with Crippen molar-refractivity contribution in [1.82, 2.24) is 9.97 Å². The van der Waals surface area contributed by atoms with Crippen LogP contribution in [-0.4, -0.2) is 9.97 Å². The summed E-state index contributed by atoms with van der Waals surface area (Å²) in [6, 6.07) is 10.0. The molecule has 78 valence electrons. The number of aromatic nitrogens is 2. The van der Waals surface area contributed by atoms with Crippen molar-refractivity contribution in [3.63, 3.8) is 0 Å². The smallest absolute Gasteiger partial charge is 0.0897 e. The van der Waals surface area contributed by atoms with Gasteiger partial charge in [-0.15, -0.1) is 11.3 Å². The van der Waals surface area contributed by atoms with Gasteiger partial charge in [0.2, 0.25) is 0 Å². The SMILES string of the molecule is Cc1cc(-c2ccccn2)nc2ccsc12. The predicted octanol–water partition coefficient (Wildman–Crippen LogP) is 3.67. The lowest BCUT2D eigenvalue weighted by molar-refractivity contribution is 1.27. The third-order valence-electron chi connectivity index (χ3n) is 2.52. The van der Waals surface area contributed by atoms with Crippen LogP contribution in [0.2, 0.25) is 0 Å². The van der Waals surface area contributed by atoms with Gasteiger partial charge >= 0.3 is 0 Å². The Morgan fingerprint density at radius 1 is 1.12 bits per heavy atom. The number of rotatable bonds is 1. The zero-order valence-corrected chi connectivity index (χ0v) is 9.66. The van der Waals surface area contributed by atoms with E-state index in [1.807, 2.05) is 18.2 Å². The molecule has 0 fully saturated rings. The normalized spacial score (nSPS) is 10.8. The van der Waals surface area contributed by atoms with E-state index in [1.165, 1.54) is 10.3 Å². The van der Waals surface area contributed by atoms with E-state index in [0.29, 0.717) is 0 Å². The molecule has 2 nitrogen and oxygen atoms in total. The summed E-state index contributed by atoms with van der Waals surface area (Å²) in [6.45, 7) is 2.12. The van der Waals surface area contributed by atoms with Gasteiger partial charge in [-0.25, -0.2) is 4.98 Å². The highest BCUT2D eigenvalue weighted by atomic mass is 32.1. The molecule has 0 aliphatic carbocycles. The van der Waals surface area contributed by atoms with Gasteiger partial charge in [0.1, 0.15) is 0 Å². The van der Waals surface area contributed by atoms with Gasteiger partial charge in [-0.1, -0.05) is 6.07 Å². The number of pyridine rings is 2. The number of aryl methyl sites for hydroxylation is 1. The van der Waals surface area contributed by atoms with Gasteiger partial charge in [-0.05, 0) is 42.1 Å². The number of nitrogens with zero attached hydrogens (tertiary/aromatic N) is 2. The fourth-order valence-corrected chi connectivity index (χ4v) is 2.58. The molecular weight excluding hydrogens is 216 g/mol. The molecule has 0 aliphatic rings. The van der Waals surface area contributed by atoms with Crippen LogP contribution < -0.4 is 0 Å². The minimum atomic E-state index is 0.929. The highest BCUT2D eigenvalue weighted by Gasteiger charge is 2.05. The van der Waals surface area contributed by atoms with Crippen LogP contribution in [0.3, 0.4) is 0 Å². The Labute approximate surface area is 97.6 Å². The second-order valence-corrected chi connectivity index (χ2v) is 4.59.